The number of aromatic nitrogens is 2. The number of piperidine rings is 1. The summed E-state index contributed by atoms with van der Waals surface area (Å²) in [6.07, 6.45) is 4.15. The van der Waals surface area contributed by atoms with E-state index in [0.29, 0.717) is 35.3 Å². The molecule has 2 heterocycles. The monoisotopic (exact) mass is 542 g/mol. The van der Waals surface area contributed by atoms with Gasteiger partial charge in [0.15, 0.2) is 0 Å². The lowest BCUT2D eigenvalue weighted by molar-refractivity contribution is -0.136. The molecule has 7 nitrogen and oxygen atoms in total. The van der Waals surface area contributed by atoms with Crippen LogP contribution in [-0.4, -0.2) is 51.4 Å². The van der Waals surface area contributed by atoms with Gasteiger partial charge in [-0.15, -0.1) is 6.58 Å². The second kappa shape index (κ2) is 11.0. The van der Waals surface area contributed by atoms with E-state index >= 15 is 0 Å². The fourth-order valence-electron chi connectivity index (χ4n) is 4.01. The van der Waals surface area contributed by atoms with Gasteiger partial charge in [-0.2, -0.15) is 4.98 Å². The van der Waals surface area contributed by atoms with Crippen LogP contribution in [0.15, 0.2) is 70.2 Å². The Labute approximate surface area is 211 Å². The van der Waals surface area contributed by atoms with E-state index in [1.165, 1.54) is 4.90 Å². The molecule has 0 aliphatic carbocycles. The molecule has 0 bridgehead atoms. The molecule has 34 heavy (non-hydrogen) atoms. The van der Waals surface area contributed by atoms with E-state index in [1.807, 2.05) is 12.1 Å². The molecule has 9 heteroatoms. The highest BCUT2D eigenvalue weighted by Crippen LogP contribution is 2.31. The van der Waals surface area contributed by atoms with Gasteiger partial charge in [-0.1, -0.05) is 50.9 Å². The number of hydrogen-bond acceptors (Lipinski definition) is 5. The lowest BCUT2D eigenvalue weighted by Crippen LogP contribution is -2.46. The molecule has 1 aliphatic rings. The quantitative estimate of drug-likeness (QED) is 0.366. The van der Waals surface area contributed by atoms with Gasteiger partial charge in [-0.3, -0.25) is 9.59 Å². The van der Waals surface area contributed by atoms with Gasteiger partial charge in [0.25, 0.3) is 5.91 Å². The van der Waals surface area contributed by atoms with E-state index in [4.69, 9.17) is 16.1 Å². The number of amides is 2. The Hall–Kier alpha value is -2.97. The van der Waals surface area contributed by atoms with Gasteiger partial charge in [0.05, 0.1) is 0 Å². The number of carbonyl (C=O) groups excluding carboxylic acids is 2. The Balaban J connectivity index is 1.52. The number of nitrogens with zero attached hydrogens (tertiary/aromatic N) is 4. The van der Waals surface area contributed by atoms with E-state index in [1.54, 1.807) is 47.4 Å². The summed E-state index contributed by atoms with van der Waals surface area (Å²) in [6, 6.07) is 13.9. The number of halogens is 2. The average Bonchev–Trinajstić information content (AvgIpc) is 3.34. The number of hydrogen-bond donors (Lipinski definition) is 0. The maximum absolute atomic E-state index is 13.4. The van der Waals surface area contributed by atoms with Gasteiger partial charge in [-0.25, -0.2) is 0 Å². The highest BCUT2D eigenvalue weighted by Gasteiger charge is 2.33. The zero-order chi connectivity index (χ0) is 24.1. The zero-order valence-corrected chi connectivity index (χ0v) is 20.8. The Kier molecular flexibility index (Phi) is 7.80. The Morgan fingerprint density at radius 2 is 2.03 bits per heavy atom. The first-order valence-electron chi connectivity index (χ1n) is 11.0. The molecule has 4 rings (SSSR count). The van der Waals surface area contributed by atoms with Crippen LogP contribution < -0.4 is 0 Å². The van der Waals surface area contributed by atoms with Crippen LogP contribution in [0.2, 0.25) is 5.02 Å². The molecule has 1 aromatic heterocycles. The molecular formula is C25H24BrClN4O3. The molecule has 176 valence electrons. The largest absolute Gasteiger partial charge is 0.337 e. The van der Waals surface area contributed by atoms with Crippen molar-refractivity contribution >= 4 is 39.3 Å². The predicted octanol–water partition coefficient (Wildman–Crippen LogP) is 5.53. The van der Waals surface area contributed by atoms with Crippen molar-refractivity contribution in [1.82, 2.24) is 19.9 Å². The lowest BCUT2D eigenvalue weighted by Gasteiger charge is -2.35. The van der Waals surface area contributed by atoms with Crippen LogP contribution in [0.5, 0.6) is 0 Å². The first-order chi connectivity index (χ1) is 16.5. The Morgan fingerprint density at radius 3 is 2.76 bits per heavy atom. The first kappa shape index (κ1) is 24.2. The second-order valence-corrected chi connectivity index (χ2v) is 9.40. The van der Waals surface area contributed by atoms with E-state index < -0.39 is 0 Å². The standard InChI is InChI=1S/C25H24BrClN4O3/c1-2-13-30(25(33)17-9-11-19(26)12-10-17)16-22(32)31-14-4-3-8-21(31)24-28-23(29-34-24)18-6-5-7-20(27)15-18/h2,5-7,9-12,15,21H,1,3-4,8,13-14,16H2. The Morgan fingerprint density at radius 1 is 1.24 bits per heavy atom. The smallest absolute Gasteiger partial charge is 0.254 e. The van der Waals surface area contributed by atoms with Gasteiger partial charge in [0.2, 0.25) is 17.6 Å². The van der Waals surface area contributed by atoms with E-state index in [9.17, 15) is 9.59 Å². The molecule has 0 N–H and O–H groups in total. The fourth-order valence-corrected chi connectivity index (χ4v) is 4.46. The van der Waals surface area contributed by atoms with Crippen molar-refractivity contribution in [2.24, 2.45) is 0 Å². The first-order valence-corrected chi connectivity index (χ1v) is 12.2. The third kappa shape index (κ3) is 5.56. The topological polar surface area (TPSA) is 79.5 Å². The van der Waals surface area contributed by atoms with E-state index in [2.05, 4.69) is 32.6 Å². The summed E-state index contributed by atoms with van der Waals surface area (Å²) in [7, 11) is 0. The van der Waals surface area contributed by atoms with E-state index in [0.717, 1.165) is 22.9 Å². The van der Waals surface area contributed by atoms with Gasteiger partial charge in [0.1, 0.15) is 12.6 Å². The minimum Gasteiger partial charge on any atom is -0.337 e. The molecule has 1 fully saturated rings. The third-order valence-electron chi connectivity index (χ3n) is 5.69. The summed E-state index contributed by atoms with van der Waals surface area (Å²) >= 11 is 9.46. The van der Waals surface area contributed by atoms with Crippen LogP contribution in [0.4, 0.5) is 0 Å². The van der Waals surface area contributed by atoms with Crippen LogP contribution >= 0.6 is 27.5 Å². The molecule has 2 amide bonds. The molecule has 0 saturated carbocycles. The minimum atomic E-state index is -0.338. The Bertz CT molecular complexity index is 1180. The summed E-state index contributed by atoms with van der Waals surface area (Å²) in [5.41, 5.74) is 1.25. The molecule has 3 aromatic rings. The molecule has 1 atom stereocenters. The molecular weight excluding hydrogens is 520 g/mol. The normalized spacial score (nSPS) is 15.7. The summed E-state index contributed by atoms with van der Waals surface area (Å²) < 4.78 is 6.44. The molecule has 2 aromatic carbocycles. The van der Waals surface area contributed by atoms with Gasteiger partial charge >= 0.3 is 0 Å². The third-order valence-corrected chi connectivity index (χ3v) is 6.45. The molecule has 0 spiro atoms. The highest BCUT2D eigenvalue weighted by molar-refractivity contribution is 9.10. The minimum absolute atomic E-state index is 0.0628. The molecule has 1 unspecified atom stereocenters. The van der Waals surface area contributed by atoms with Gasteiger partial charge < -0.3 is 14.3 Å². The summed E-state index contributed by atoms with van der Waals surface area (Å²) in [5.74, 6) is 0.418. The zero-order valence-electron chi connectivity index (χ0n) is 18.5. The maximum atomic E-state index is 13.4. The van der Waals surface area contributed by atoms with E-state index in [-0.39, 0.29) is 30.9 Å². The van der Waals surface area contributed by atoms with Crippen molar-refractivity contribution in [2.75, 3.05) is 19.6 Å². The SMILES string of the molecule is C=CCN(CC(=O)N1CCCCC1c1nc(-c2cccc(Cl)c2)no1)C(=O)c1ccc(Br)cc1. The highest BCUT2D eigenvalue weighted by atomic mass is 79.9. The van der Waals surface area contributed by atoms with Crippen molar-refractivity contribution in [3.8, 4) is 11.4 Å². The van der Waals surface area contributed by atoms with Crippen LogP contribution in [0, 0.1) is 0 Å². The van der Waals surface area contributed by atoms with Gasteiger partial charge in [-0.05, 0) is 55.7 Å². The number of likely N-dealkylation sites (tertiary alicyclic amines) is 1. The van der Waals surface area contributed by atoms with Crippen LogP contribution in [0.3, 0.4) is 0 Å². The lowest BCUT2D eigenvalue weighted by atomic mass is 10.0. The summed E-state index contributed by atoms with van der Waals surface area (Å²) in [4.78, 5) is 34.2. The van der Waals surface area contributed by atoms with Crippen molar-refractivity contribution in [3.05, 3.63) is 82.1 Å². The summed E-state index contributed by atoms with van der Waals surface area (Å²) in [6.45, 7) is 4.50. The number of benzene rings is 2. The molecule has 1 aliphatic heterocycles. The van der Waals surface area contributed by atoms with Crippen molar-refractivity contribution < 1.29 is 14.1 Å². The fraction of sp³-hybridized carbons (Fsp3) is 0.280. The van der Waals surface area contributed by atoms with Crippen molar-refractivity contribution in [2.45, 2.75) is 25.3 Å². The second-order valence-electron chi connectivity index (χ2n) is 8.05. The maximum Gasteiger partial charge on any atom is 0.254 e. The molecule has 1 saturated heterocycles. The van der Waals surface area contributed by atoms with Crippen LogP contribution in [0.1, 0.15) is 41.6 Å². The number of rotatable bonds is 7. The number of carbonyl (C=O) groups is 2. The van der Waals surface area contributed by atoms with Crippen LogP contribution in [0.25, 0.3) is 11.4 Å². The summed E-state index contributed by atoms with van der Waals surface area (Å²) in [5, 5.41) is 4.68. The predicted molar refractivity (Wildman–Crippen MR) is 133 cm³/mol. The van der Waals surface area contributed by atoms with Crippen molar-refractivity contribution in [3.63, 3.8) is 0 Å². The molecule has 0 radical (unpaired) electrons. The van der Waals surface area contributed by atoms with Crippen molar-refractivity contribution in [1.29, 1.82) is 0 Å². The van der Waals surface area contributed by atoms with Gasteiger partial charge in [0, 0.05) is 33.7 Å². The van der Waals surface area contributed by atoms with Crippen LogP contribution in [-0.2, 0) is 4.79 Å². The average molecular weight is 544 g/mol.